The summed E-state index contributed by atoms with van der Waals surface area (Å²) in [7, 11) is 1.58. The van der Waals surface area contributed by atoms with E-state index in [0.717, 1.165) is 40.2 Å². The Labute approximate surface area is 243 Å². The molecule has 0 bridgehead atoms. The van der Waals surface area contributed by atoms with Gasteiger partial charge in [-0.15, -0.1) is 0 Å². The SMILES string of the molecule is COc1ccccc1NC(=O)C1=C(C)N=C2SCCCN2C1c1cccc(NC(=O)c2cccc3ccccc23)c1. The summed E-state index contributed by atoms with van der Waals surface area (Å²) in [6.07, 6.45) is 0.984. The van der Waals surface area contributed by atoms with Crippen LogP contribution in [-0.2, 0) is 4.79 Å². The number of para-hydroxylation sites is 2. The normalized spacial score (nSPS) is 16.6. The molecule has 2 N–H and O–H groups in total. The lowest BCUT2D eigenvalue weighted by molar-refractivity contribution is -0.113. The number of anilines is 2. The number of hydrogen-bond acceptors (Lipinski definition) is 6. The topological polar surface area (TPSA) is 83.0 Å². The molecule has 41 heavy (non-hydrogen) atoms. The average Bonchev–Trinajstić information content (AvgIpc) is 3.00. The van der Waals surface area contributed by atoms with Gasteiger partial charge in [-0.2, -0.15) is 0 Å². The Bertz CT molecular complexity index is 1710. The summed E-state index contributed by atoms with van der Waals surface area (Å²) >= 11 is 1.71. The number of carbonyl (C=O) groups is 2. The maximum absolute atomic E-state index is 13.9. The van der Waals surface area contributed by atoms with Crippen molar-refractivity contribution in [1.82, 2.24) is 4.90 Å². The van der Waals surface area contributed by atoms with Crippen molar-refractivity contribution >= 4 is 50.9 Å². The first kappa shape index (κ1) is 26.7. The predicted octanol–water partition coefficient (Wildman–Crippen LogP) is 6.86. The molecule has 206 valence electrons. The predicted molar refractivity (Wildman–Crippen MR) is 167 cm³/mol. The summed E-state index contributed by atoms with van der Waals surface area (Å²) in [6.45, 7) is 2.66. The second kappa shape index (κ2) is 11.5. The Balaban J connectivity index is 1.35. The number of thioether (sulfide) groups is 1. The Hall–Kier alpha value is -4.56. The summed E-state index contributed by atoms with van der Waals surface area (Å²) in [5.41, 5.74) is 4.02. The van der Waals surface area contributed by atoms with E-state index in [0.29, 0.717) is 34.0 Å². The number of allylic oxidation sites excluding steroid dienone is 1. The first-order chi connectivity index (χ1) is 20.0. The van der Waals surface area contributed by atoms with E-state index in [-0.39, 0.29) is 17.9 Å². The van der Waals surface area contributed by atoms with Gasteiger partial charge in [-0.25, -0.2) is 4.99 Å². The average molecular weight is 563 g/mol. The first-order valence-corrected chi connectivity index (χ1v) is 14.5. The van der Waals surface area contributed by atoms with Gasteiger partial charge in [0.25, 0.3) is 11.8 Å². The molecule has 1 fully saturated rings. The molecule has 2 aliphatic heterocycles. The van der Waals surface area contributed by atoms with Gasteiger partial charge in [0.15, 0.2) is 5.17 Å². The van der Waals surface area contributed by atoms with Gasteiger partial charge in [0.2, 0.25) is 0 Å². The fourth-order valence-electron chi connectivity index (χ4n) is 5.45. The van der Waals surface area contributed by atoms with E-state index in [4.69, 9.17) is 9.73 Å². The molecule has 1 atom stereocenters. The maximum Gasteiger partial charge on any atom is 0.256 e. The third-order valence-electron chi connectivity index (χ3n) is 7.35. The number of amidine groups is 1. The molecule has 6 rings (SSSR count). The van der Waals surface area contributed by atoms with Crippen LogP contribution in [0.15, 0.2) is 107 Å². The van der Waals surface area contributed by atoms with E-state index >= 15 is 0 Å². The summed E-state index contributed by atoms with van der Waals surface area (Å²) in [4.78, 5) is 34.3. The molecule has 1 unspecified atom stereocenters. The van der Waals surface area contributed by atoms with Crippen molar-refractivity contribution in [3.8, 4) is 5.75 Å². The summed E-state index contributed by atoms with van der Waals surface area (Å²) in [5.74, 6) is 1.15. The number of amides is 2. The molecule has 4 aromatic rings. The van der Waals surface area contributed by atoms with Crippen molar-refractivity contribution in [2.24, 2.45) is 4.99 Å². The van der Waals surface area contributed by atoms with E-state index < -0.39 is 0 Å². The molecule has 0 aliphatic carbocycles. The lowest BCUT2D eigenvalue weighted by atomic mass is 9.93. The number of methoxy groups -OCH3 is 1. The fourth-order valence-corrected chi connectivity index (χ4v) is 6.47. The van der Waals surface area contributed by atoms with Gasteiger partial charge < -0.3 is 20.3 Å². The van der Waals surface area contributed by atoms with Crippen LogP contribution in [0.25, 0.3) is 10.8 Å². The minimum absolute atomic E-state index is 0.181. The minimum Gasteiger partial charge on any atom is -0.495 e. The van der Waals surface area contributed by atoms with Crippen LogP contribution >= 0.6 is 11.8 Å². The van der Waals surface area contributed by atoms with Gasteiger partial charge in [-0.05, 0) is 60.0 Å². The second-order valence-electron chi connectivity index (χ2n) is 9.95. The number of hydrogen-bond donors (Lipinski definition) is 2. The first-order valence-electron chi connectivity index (χ1n) is 13.6. The third kappa shape index (κ3) is 5.30. The highest BCUT2D eigenvalue weighted by Crippen LogP contribution is 2.41. The highest BCUT2D eigenvalue weighted by molar-refractivity contribution is 8.13. The van der Waals surface area contributed by atoms with E-state index in [1.54, 1.807) is 18.9 Å². The van der Waals surface area contributed by atoms with Crippen molar-refractivity contribution in [3.05, 3.63) is 113 Å². The molecule has 0 saturated carbocycles. The zero-order valence-corrected chi connectivity index (χ0v) is 23.7. The Morgan fingerprint density at radius 2 is 1.71 bits per heavy atom. The lowest BCUT2D eigenvalue weighted by Crippen LogP contribution is -2.43. The van der Waals surface area contributed by atoms with Gasteiger partial charge in [-0.1, -0.05) is 72.4 Å². The van der Waals surface area contributed by atoms with Crippen molar-refractivity contribution in [2.45, 2.75) is 19.4 Å². The molecule has 2 amide bonds. The molecular weight excluding hydrogens is 532 g/mol. The summed E-state index contributed by atoms with van der Waals surface area (Å²) in [5, 5.41) is 8.96. The van der Waals surface area contributed by atoms with Gasteiger partial charge in [0.1, 0.15) is 5.75 Å². The van der Waals surface area contributed by atoms with Crippen molar-refractivity contribution in [1.29, 1.82) is 0 Å². The number of benzene rings is 4. The number of carbonyl (C=O) groups excluding carboxylic acids is 2. The van der Waals surface area contributed by atoms with Gasteiger partial charge in [0, 0.05) is 23.5 Å². The fraction of sp³-hybridized carbons (Fsp3) is 0.182. The number of nitrogens with one attached hydrogen (secondary N) is 2. The van der Waals surface area contributed by atoms with Gasteiger partial charge in [-0.3, -0.25) is 9.59 Å². The van der Waals surface area contributed by atoms with Crippen LogP contribution in [0.4, 0.5) is 11.4 Å². The van der Waals surface area contributed by atoms with Crippen LogP contribution in [-0.4, -0.2) is 41.3 Å². The quantitative estimate of drug-likeness (QED) is 0.268. The van der Waals surface area contributed by atoms with Crippen LogP contribution in [0.1, 0.15) is 35.3 Å². The van der Waals surface area contributed by atoms with E-state index in [1.807, 2.05) is 97.9 Å². The van der Waals surface area contributed by atoms with Crippen LogP contribution in [0.2, 0.25) is 0 Å². The third-order valence-corrected chi connectivity index (χ3v) is 8.43. The number of nitrogens with zero attached hydrogens (tertiary/aromatic N) is 2. The van der Waals surface area contributed by atoms with Crippen LogP contribution in [0, 0.1) is 0 Å². The molecule has 2 aliphatic rings. The van der Waals surface area contributed by atoms with E-state index in [9.17, 15) is 9.59 Å². The number of aliphatic imine (C=N–C) groups is 1. The highest BCUT2D eigenvalue weighted by Gasteiger charge is 2.37. The standard InChI is InChI=1S/C33H30N4O3S/c1-21-29(32(39)36-27-16-5-6-17-28(27)40-2)30(37-18-9-19-41-33(37)34-21)23-12-7-13-24(20-23)35-31(38)26-15-8-11-22-10-3-4-14-25(22)26/h3-8,10-17,20,30H,9,18-19H2,1-2H3,(H,35,38)(H,36,39). The molecule has 8 heteroatoms. The molecule has 0 aromatic heterocycles. The number of rotatable bonds is 6. The largest absolute Gasteiger partial charge is 0.495 e. The maximum atomic E-state index is 13.9. The van der Waals surface area contributed by atoms with Crippen LogP contribution < -0.4 is 15.4 Å². The number of fused-ring (bicyclic) bond motifs is 2. The van der Waals surface area contributed by atoms with Crippen molar-refractivity contribution in [3.63, 3.8) is 0 Å². The van der Waals surface area contributed by atoms with E-state index in [1.165, 1.54) is 0 Å². The Kier molecular flexibility index (Phi) is 7.48. The van der Waals surface area contributed by atoms with Gasteiger partial charge in [0.05, 0.1) is 30.1 Å². The summed E-state index contributed by atoms with van der Waals surface area (Å²) in [6, 6.07) is 28.3. The molecule has 4 aromatic carbocycles. The molecule has 0 radical (unpaired) electrons. The molecular formula is C33H30N4O3S. The van der Waals surface area contributed by atoms with E-state index in [2.05, 4.69) is 15.5 Å². The number of ether oxygens (including phenoxy) is 1. The van der Waals surface area contributed by atoms with Crippen LogP contribution in [0.5, 0.6) is 5.75 Å². The highest BCUT2D eigenvalue weighted by atomic mass is 32.2. The Morgan fingerprint density at radius 1 is 0.927 bits per heavy atom. The minimum atomic E-state index is -0.362. The smallest absolute Gasteiger partial charge is 0.256 e. The zero-order chi connectivity index (χ0) is 28.3. The molecule has 2 heterocycles. The zero-order valence-electron chi connectivity index (χ0n) is 22.9. The summed E-state index contributed by atoms with van der Waals surface area (Å²) < 4.78 is 5.46. The lowest BCUT2D eigenvalue weighted by Gasteiger charge is -2.41. The van der Waals surface area contributed by atoms with Crippen molar-refractivity contribution < 1.29 is 14.3 Å². The van der Waals surface area contributed by atoms with Gasteiger partial charge >= 0.3 is 0 Å². The monoisotopic (exact) mass is 562 g/mol. The molecule has 1 saturated heterocycles. The molecule has 7 nitrogen and oxygen atoms in total. The Morgan fingerprint density at radius 3 is 2.59 bits per heavy atom. The second-order valence-corrected chi connectivity index (χ2v) is 11.0. The molecule has 0 spiro atoms. The van der Waals surface area contributed by atoms with Crippen LogP contribution in [0.3, 0.4) is 0 Å². The van der Waals surface area contributed by atoms with Crippen molar-refractivity contribution in [2.75, 3.05) is 30.0 Å².